The van der Waals surface area contributed by atoms with Crippen LogP contribution in [0.1, 0.15) is 25.7 Å². The van der Waals surface area contributed by atoms with Crippen LogP contribution in [0, 0.1) is 5.92 Å². The number of hydrogen-bond acceptors (Lipinski definition) is 1. The Morgan fingerprint density at radius 1 is 1.36 bits per heavy atom. The summed E-state index contributed by atoms with van der Waals surface area (Å²) in [7, 11) is 1.86. The second-order valence-electron chi connectivity index (χ2n) is 5.63. The zero-order valence-corrected chi connectivity index (χ0v) is 12.8. The highest BCUT2D eigenvalue weighted by Crippen LogP contribution is 2.41. The van der Waals surface area contributed by atoms with E-state index in [2.05, 4.69) is 18.2 Å². The smallest absolute Gasteiger partial charge is 0.363 e. The van der Waals surface area contributed by atoms with Gasteiger partial charge in [-0.2, -0.15) is 13.2 Å². The molecule has 0 N–H and O–H groups in total. The summed E-state index contributed by atoms with van der Waals surface area (Å²) in [5.74, 6) is 0.322. The van der Waals surface area contributed by atoms with E-state index in [0.717, 1.165) is 13.0 Å². The fourth-order valence-electron chi connectivity index (χ4n) is 3.00. The first-order chi connectivity index (χ1) is 10.3. The molecule has 0 spiro atoms. The van der Waals surface area contributed by atoms with E-state index in [4.69, 9.17) is 0 Å². The summed E-state index contributed by atoms with van der Waals surface area (Å²) in [6.45, 7) is 8.16. The van der Waals surface area contributed by atoms with Gasteiger partial charge in [0, 0.05) is 19.5 Å². The van der Waals surface area contributed by atoms with Gasteiger partial charge in [-0.1, -0.05) is 25.3 Å². The lowest BCUT2D eigenvalue weighted by Gasteiger charge is -2.36. The maximum absolute atomic E-state index is 13.3. The molecule has 22 heavy (non-hydrogen) atoms. The van der Waals surface area contributed by atoms with Crippen molar-refractivity contribution in [3.8, 4) is 0 Å². The molecule has 1 unspecified atom stereocenters. The molecule has 0 aromatic rings. The summed E-state index contributed by atoms with van der Waals surface area (Å²) >= 11 is 0. The summed E-state index contributed by atoms with van der Waals surface area (Å²) in [5, 5.41) is 0. The molecule has 120 valence electrons. The molecular weight excluding hydrogens is 289 g/mol. The number of piperidine rings is 1. The van der Waals surface area contributed by atoms with Crippen molar-refractivity contribution in [2.75, 3.05) is 13.6 Å². The number of alkyl halides is 3. The Labute approximate surface area is 129 Å². The van der Waals surface area contributed by atoms with Crippen molar-refractivity contribution in [1.29, 1.82) is 0 Å². The van der Waals surface area contributed by atoms with Gasteiger partial charge < -0.3 is 4.90 Å². The van der Waals surface area contributed by atoms with Crippen molar-refractivity contribution in [1.82, 2.24) is 4.90 Å². The SMILES string of the molecule is C=CC(=C)N=C1C(C2=CCCC=C2C(F)(F)F)CCCN1C. The number of aliphatic imine (C=N–C) groups is 1. The Morgan fingerprint density at radius 2 is 2.05 bits per heavy atom. The highest BCUT2D eigenvalue weighted by atomic mass is 19.4. The van der Waals surface area contributed by atoms with Gasteiger partial charge in [0.15, 0.2) is 0 Å². The van der Waals surface area contributed by atoms with E-state index in [1.54, 1.807) is 6.08 Å². The van der Waals surface area contributed by atoms with Crippen LogP contribution in [-0.2, 0) is 0 Å². The molecule has 0 bridgehead atoms. The standard InChI is InChI=1S/C17H21F3N2/c1-4-12(2)21-16-14(9-7-11-22(16)3)13-8-5-6-10-15(13)17(18,19)20/h4,8,10,14H,1-2,5-7,9,11H2,3H3. The molecule has 1 aliphatic heterocycles. The van der Waals surface area contributed by atoms with Crippen molar-refractivity contribution in [3.05, 3.63) is 48.2 Å². The molecule has 0 aromatic carbocycles. The predicted molar refractivity (Wildman–Crippen MR) is 83.6 cm³/mol. The van der Waals surface area contributed by atoms with E-state index < -0.39 is 11.7 Å². The van der Waals surface area contributed by atoms with E-state index in [1.165, 1.54) is 12.2 Å². The largest absolute Gasteiger partial charge is 0.416 e. The van der Waals surface area contributed by atoms with Crippen LogP contribution in [0.25, 0.3) is 0 Å². The fourth-order valence-corrected chi connectivity index (χ4v) is 3.00. The van der Waals surface area contributed by atoms with Crippen molar-refractivity contribution >= 4 is 5.84 Å². The van der Waals surface area contributed by atoms with Gasteiger partial charge in [-0.3, -0.25) is 0 Å². The second kappa shape index (κ2) is 6.55. The highest BCUT2D eigenvalue weighted by Gasteiger charge is 2.41. The van der Waals surface area contributed by atoms with E-state index in [1.807, 2.05) is 11.9 Å². The van der Waals surface area contributed by atoms with E-state index in [-0.39, 0.29) is 5.92 Å². The summed E-state index contributed by atoms with van der Waals surface area (Å²) in [4.78, 5) is 6.33. The third-order valence-corrected chi connectivity index (χ3v) is 4.05. The average molecular weight is 310 g/mol. The Morgan fingerprint density at radius 3 is 2.68 bits per heavy atom. The molecule has 1 atom stereocenters. The number of rotatable bonds is 3. The lowest BCUT2D eigenvalue weighted by molar-refractivity contribution is -0.0904. The van der Waals surface area contributed by atoms with Gasteiger partial charge in [0.2, 0.25) is 0 Å². The Balaban J connectivity index is 2.41. The van der Waals surface area contributed by atoms with Crippen LogP contribution >= 0.6 is 0 Å². The van der Waals surface area contributed by atoms with E-state index in [9.17, 15) is 13.2 Å². The van der Waals surface area contributed by atoms with Crippen LogP contribution in [-0.4, -0.2) is 30.5 Å². The average Bonchev–Trinajstić information content (AvgIpc) is 2.48. The summed E-state index contributed by atoms with van der Waals surface area (Å²) in [6, 6.07) is 0. The Bertz CT molecular complexity index is 553. The minimum atomic E-state index is -4.32. The molecule has 0 radical (unpaired) electrons. The van der Waals surface area contributed by atoms with Gasteiger partial charge in [-0.15, -0.1) is 0 Å². The first-order valence-electron chi connectivity index (χ1n) is 7.43. The number of hydrogen-bond donors (Lipinski definition) is 0. The molecule has 1 fully saturated rings. The molecule has 2 rings (SSSR count). The van der Waals surface area contributed by atoms with Gasteiger partial charge >= 0.3 is 6.18 Å². The third-order valence-electron chi connectivity index (χ3n) is 4.05. The highest BCUT2D eigenvalue weighted by molar-refractivity contribution is 5.89. The van der Waals surface area contributed by atoms with Crippen LogP contribution in [0.3, 0.4) is 0 Å². The first-order valence-corrected chi connectivity index (χ1v) is 7.43. The zero-order valence-electron chi connectivity index (χ0n) is 12.8. The van der Waals surface area contributed by atoms with Crippen LogP contribution < -0.4 is 0 Å². The molecule has 5 heteroatoms. The first kappa shape index (κ1) is 16.6. The number of amidine groups is 1. The third kappa shape index (κ3) is 3.51. The van der Waals surface area contributed by atoms with Crippen LogP contribution in [0.15, 0.2) is 53.2 Å². The number of likely N-dealkylation sites (tertiary alicyclic amines) is 1. The molecule has 1 aliphatic carbocycles. The lowest BCUT2D eigenvalue weighted by Crippen LogP contribution is -2.40. The summed E-state index contributed by atoms with van der Waals surface area (Å²) < 4.78 is 39.9. The van der Waals surface area contributed by atoms with Gasteiger partial charge in [-0.05, 0) is 37.3 Å². The normalized spacial score (nSPS) is 24.8. The molecule has 2 nitrogen and oxygen atoms in total. The van der Waals surface area contributed by atoms with Crippen LogP contribution in [0.4, 0.5) is 13.2 Å². The topological polar surface area (TPSA) is 15.6 Å². The molecule has 1 heterocycles. The summed E-state index contributed by atoms with van der Waals surface area (Å²) in [6.07, 6.45) is 2.83. The molecular formula is C17H21F3N2. The molecule has 0 amide bonds. The van der Waals surface area contributed by atoms with Crippen LogP contribution in [0.5, 0.6) is 0 Å². The van der Waals surface area contributed by atoms with Crippen molar-refractivity contribution in [2.24, 2.45) is 10.9 Å². The van der Waals surface area contributed by atoms with Gasteiger partial charge in [0.05, 0.1) is 11.3 Å². The molecule has 0 aromatic heterocycles. The second-order valence-corrected chi connectivity index (χ2v) is 5.63. The fraction of sp³-hybridized carbons (Fsp3) is 0.471. The van der Waals surface area contributed by atoms with E-state index >= 15 is 0 Å². The molecule has 2 aliphatic rings. The zero-order chi connectivity index (χ0) is 16.3. The summed E-state index contributed by atoms with van der Waals surface area (Å²) in [5.41, 5.74) is 0.333. The molecule has 0 saturated carbocycles. The van der Waals surface area contributed by atoms with Gasteiger partial charge in [0.1, 0.15) is 5.84 Å². The van der Waals surface area contributed by atoms with Crippen molar-refractivity contribution in [2.45, 2.75) is 31.9 Å². The van der Waals surface area contributed by atoms with Crippen LogP contribution in [0.2, 0.25) is 0 Å². The van der Waals surface area contributed by atoms with Gasteiger partial charge in [0.25, 0.3) is 0 Å². The minimum absolute atomic E-state index is 0.330. The Hall–Kier alpha value is -1.78. The van der Waals surface area contributed by atoms with Crippen molar-refractivity contribution in [3.63, 3.8) is 0 Å². The Kier molecular flexibility index (Phi) is 4.94. The number of allylic oxidation sites excluding steroid dienone is 4. The quantitative estimate of drug-likeness (QED) is 0.694. The van der Waals surface area contributed by atoms with E-state index in [0.29, 0.717) is 36.4 Å². The van der Waals surface area contributed by atoms with Gasteiger partial charge in [-0.25, -0.2) is 4.99 Å². The monoisotopic (exact) mass is 310 g/mol. The number of nitrogens with zero attached hydrogens (tertiary/aromatic N) is 2. The maximum atomic E-state index is 13.3. The minimum Gasteiger partial charge on any atom is -0.363 e. The maximum Gasteiger partial charge on any atom is 0.416 e. The molecule has 1 saturated heterocycles. The van der Waals surface area contributed by atoms with Crippen molar-refractivity contribution < 1.29 is 13.2 Å². The lowest BCUT2D eigenvalue weighted by atomic mass is 9.81. The predicted octanol–water partition coefficient (Wildman–Crippen LogP) is 4.64. The number of halogens is 3.